The molecule has 0 aliphatic rings. The van der Waals surface area contributed by atoms with Crippen LogP contribution in [0.15, 0.2) is 0 Å². The third-order valence-corrected chi connectivity index (χ3v) is 4.00. The molecule has 0 aliphatic heterocycles. The minimum absolute atomic E-state index is 0.0567. The van der Waals surface area contributed by atoms with Gasteiger partial charge in [0.25, 0.3) is 0 Å². The lowest BCUT2D eigenvalue weighted by Gasteiger charge is -2.33. The van der Waals surface area contributed by atoms with E-state index in [1.54, 1.807) is 0 Å². The standard InChI is InChI=1S/C20H45N3O/c1-17(2,3)21-13-14-22-19(7,8)11-12-20(9,10)23-15-16-24-18(4,5)6/h21-23H,11-16H2,1-10H3. The highest BCUT2D eigenvalue weighted by molar-refractivity contribution is 4.85. The molecule has 0 unspecified atom stereocenters. The molecule has 0 aromatic rings. The maximum absolute atomic E-state index is 5.78. The van der Waals surface area contributed by atoms with Gasteiger partial charge < -0.3 is 20.7 Å². The number of ether oxygens (including phenoxy) is 1. The maximum Gasteiger partial charge on any atom is 0.0599 e. The van der Waals surface area contributed by atoms with Crippen LogP contribution in [0.1, 0.15) is 82.1 Å². The first-order chi connectivity index (χ1) is 10.6. The maximum atomic E-state index is 5.78. The van der Waals surface area contributed by atoms with Gasteiger partial charge in [0.05, 0.1) is 12.2 Å². The SMILES string of the molecule is CC(C)(C)NCCNC(C)(C)CCC(C)(C)NCCOC(C)(C)C. The molecule has 4 heteroatoms. The Morgan fingerprint density at radius 1 is 0.583 bits per heavy atom. The second-order valence-electron chi connectivity index (χ2n) is 10.3. The fraction of sp³-hybridized carbons (Fsp3) is 1.00. The molecule has 0 atom stereocenters. The molecule has 24 heavy (non-hydrogen) atoms. The van der Waals surface area contributed by atoms with E-state index in [1.165, 1.54) is 0 Å². The zero-order valence-electron chi connectivity index (χ0n) is 18.2. The van der Waals surface area contributed by atoms with Crippen LogP contribution in [0.25, 0.3) is 0 Å². The summed E-state index contributed by atoms with van der Waals surface area (Å²) in [6.45, 7) is 25.7. The Labute approximate surface area is 151 Å². The normalized spacial score (nSPS) is 14.2. The Hall–Kier alpha value is -0.160. The number of hydrogen-bond acceptors (Lipinski definition) is 4. The highest BCUT2D eigenvalue weighted by Gasteiger charge is 2.23. The van der Waals surface area contributed by atoms with Gasteiger partial charge in [-0.25, -0.2) is 0 Å². The molecular weight excluding hydrogens is 298 g/mol. The summed E-state index contributed by atoms with van der Waals surface area (Å²) < 4.78 is 5.78. The minimum atomic E-state index is -0.0567. The Morgan fingerprint density at radius 2 is 1.00 bits per heavy atom. The molecule has 0 saturated carbocycles. The smallest absolute Gasteiger partial charge is 0.0599 e. The van der Waals surface area contributed by atoms with Gasteiger partial charge in [-0.15, -0.1) is 0 Å². The topological polar surface area (TPSA) is 45.3 Å². The summed E-state index contributed by atoms with van der Waals surface area (Å²) >= 11 is 0. The van der Waals surface area contributed by atoms with Crippen LogP contribution < -0.4 is 16.0 Å². The highest BCUT2D eigenvalue weighted by Crippen LogP contribution is 2.19. The van der Waals surface area contributed by atoms with E-state index in [0.29, 0.717) is 0 Å². The third kappa shape index (κ3) is 15.4. The molecule has 0 amide bonds. The average molecular weight is 344 g/mol. The Balaban J connectivity index is 4.00. The molecule has 4 nitrogen and oxygen atoms in total. The van der Waals surface area contributed by atoms with E-state index in [2.05, 4.69) is 85.2 Å². The average Bonchev–Trinajstić information content (AvgIpc) is 2.36. The number of rotatable bonds is 11. The van der Waals surface area contributed by atoms with E-state index in [4.69, 9.17) is 4.74 Å². The molecule has 0 rings (SSSR count). The van der Waals surface area contributed by atoms with Crippen molar-refractivity contribution in [3.63, 3.8) is 0 Å². The van der Waals surface area contributed by atoms with Gasteiger partial charge in [0.15, 0.2) is 0 Å². The summed E-state index contributed by atoms with van der Waals surface area (Å²) in [5.74, 6) is 0. The molecule has 0 radical (unpaired) electrons. The van der Waals surface area contributed by atoms with Gasteiger partial charge in [0, 0.05) is 36.3 Å². The fourth-order valence-corrected chi connectivity index (χ4v) is 2.39. The van der Waals surface area contributed by atoms with Crippen LogP contribution in [-0.4, -0.2) is 48.5 Å². The summed E-state index contributed by atoms with van der Waals surface area (Å²) in [6.07, 6.45) is 2.28. The van der Waals surface area contributed by atoms with E-state index >= 15 is 0 Å². The summed E-state index contributed by atoms with van der Waals surface area (Å²) in [7, 11) is 0. The first-order valence-electron chi connectivity index (χ1n) is 9.51. The van der Waals surface area contributed by atoms with Gasteiger partial charge in [-0.3, -0.25) is 0 Å². The van der Waals surface area contributed by atoms with Gasteiger partial charge in [0.2, 0.25) is 0 Å². The van der Waals surface area contributed by atoms with Crippen LogP contribution in [0, 0.1) is 0 Å². The number of hydrogen-bond donors (Lipinski definition) is 3. The monoisotopic (exact) mass is 343 g/mol. The molecular formula is C20H45N3O. The van der Waals surface area contributed by atoms with Crippen LogP contribution in [0.2, 0.25) is 0 Å². The first-order valence-corrected chi connectivity index (χ1v) is 9.51. The predicted octanol–water partition coefficient (Wildman–Crippen LogP) is 3.71. The largest absolute Gasteiger partial charge is 0.375 e. The van der Waals surface area contributed by atoms with Crippen molar-refractivity contribution in [2.45, 2.75) is 104 Å². The van der Waals surface area contributed by atoms with Crippen molar-refractivity contribution in [3.8, 4) is 0 Å². The molecule has 0 fully saturated rings. The Kier molecular flexibility index (Phi) is 9.45. The van der Waals surface area contributed by atoms with Crippen LogP contribution in [0.5, 0.6) is 0 Å². The molecule has 0 saturated heterocycles. The summed E-state index contributed by atoms with van der Waals surface area (Å²) in [6, 6.07) is 0. The predicted molar refractivity (Wildman–Crippen MR) is 107 cm³/mol. The second-order valence-corrected chi connectivity index (χ2v) is 10.3. The molecule has 0 aliphatic carbocycles. The van der Waals surface area contributed by atoms with Crippen molar-refractivity contribution in [3.05, 3.63) is 0 Å². The van der Waals surface area contributed by atoms with Gasteiger partial charge in [-0.1, -0.05) is 0 Å². The number of nitrogens with one attached hydrogen (secondary N) is 3. The van der Waals surface area contributed by atoms with Crippen LogP contribution in [0.4, 0.5) is 0 Å². The van der Waals surface area contributed by atoms with Crippen LogP contribution >= 0.6 is 0 Å². The fourth-order valence-electron chi connectivity index (χ4n) is 2.39. The van der Waals surface area contributed by atoms with Gasteiger partial charge in [-0.2, -0.15) is 0 Å². The van der Waals surface area contributed by atoms with E-state index in [9.17, 15) is 0 Å². The lowest BCUT2D eigenvalue weighted by molar-refractivity contribution is -0.00309. The summed E-state index contributed by atoms with van der Waals surface area (Å²) in [4.78, 5) is 0. The van der Waals surface area contributed by atoms with Crippen LogP contribution in [0.3, 0.4) is 0 Å². The van der Waals surface area contributed by atoms with Crippen molar-refractivity contribution in [1.82, 2.24) is 16.0 Å². The lowest BCUT2D eigenvalue weighted by atomic mass is 9.89. The van der Waals surface area contributed by atoms with Crippen molar-refractivity contribution in [2.75, 3.05) is 26.2 Å². The van der Waals surface area contributed by atoms with Gasteiger partial charge >= 0.3 is 0 Å². The summed E-state index contributed by atoms with van der Waals surface area (Å²) in [5, 5.41) is 10.8. The minimum Gasteiger partial charge on any atom is -0.375 e. The Morgan fingerprint density at radius 3 is 1.42 bits per heavy atom. The van der Waals surface area contributed by atoms with E-state index < -0.39 is 0 Å². The van der Waals surface area contributed by atoms with E-state index in [1.807, 2.05) is 0 Å². The van der Waals surface area contributed by atoms with E-state index in [0.717, 1.165) is 39.1 Å². The van der Waals surface area contributed by atoms with Crippen LogP contribution in [-0.2, 0) is 4.74 Å². The molecule has 0 spiro atoms. The van der Waals surface area contributed by atoms with Crippen molar-refractivity contribution in [1.29, 1.82) is 0 Å². The van der Waals surface area contributed by atoms with Gasteiger partial charge in [0.1, 0.15) is 0 Å². The lowest BCUT2D eigenvalue weighted by Crippen LogP contribution is -2.48. The van der Waals surface area contributed by atoms with Crippen molar-refractivity contribution >= 4 is 0 Å². The molecule has 0 aromatic heterocycles. The van der Waals surface area contributed by atoms with Gasteiger partial charge in [-0.05, 0) is 82.1 Å². The molecule has 0 aromatic carbocycles. The molecule has 0 heterocycles. The zero-order chi connectivity index (χ0) is 19.1. The third-order valence-electron chi connectivity index (χ3n) is 4.00. The summed E-state index contributed by atoms with van der Waals surface area (Å²) in [5.41, 5.74) is 0.413. The first kappa shape index (κ1) is 23.8. The Bertz CT molecular complexity index is 304. The zero-order valence-corrected chi connectivity index (χ0v) is 18.2. The molecule has 146 valence electrons. The van der Waals surface area contributed by atoms with Crippen molar-refractivity contribution in [2.24, 2.45) is 0 Å². The quantitative estimate of drug-likeness (QED) is 0.501. The van der Waals surface area contributed by atoms with E-state index in [-0.39, 0.29) is 22.2 Å². The molecule has 0 bridgehead atoms. The highest BCUT2D eigenvalue weighted by atomic mass is 16.5. The molecule has 3 N–H and O–H groups in total. The second kappa shape index (κ2) is 9.51. The van der Waals surface area contributed by atoms with Crippen molar-refractivity contribution < 1.29 is 4.74 Å².